The number of piperidine rings is 1. The summed E-state index contributed by atoms with van der Waals surface area (Å²) in [4.78, 5) is 14.5. The molecular weight excluding hydrogens is 645 g/mol. The van der Waals surface area contributed by atoms with Crippen molar-refractivity contribution < 1.29 is 42.8 Å². The largest absolute Gasteiger partial charge is 0.490 e. The maximum Gasteiger partial charge on any atom is 0.224 e. The van der Waals surface area contributed by atoms with Crippen molar-refractivity contribution in [3.63, 3.8) is 0 Å². The van der Waals surface area contributed by atoms with Crippen LogP contribution in [0.2, 0.25) is 0 Å². The maximum atomic E-state index is 14.0. The Labute approximate surface area is 283 Å². The van der Waals surface area contributed by atoms with Crippen molar-refractivity contribution in [2.24, 2.45) is 5.73 Å². The molecule has 5 N–H and O–H groups in total. The van der Waals surface area contributed by atoms with Gasteiger partial charge in [0, 0.05) is 44.5 Å². The summed E-state index contributed by atoms with van der Waals surface area (Å²) in [6.45, 7) is 3.05. The fourth-order valence-electron chi connectivity index (χ4n) is 6.40. The first-order valence-corrected chi connectivity index (χ1v) is 17.5. The van der Waals surface area contributed by atoms with Crippen LogP contribution in [-0.2, 0) is 28.8 Å². The van der Waals surface area contributed by atoms with Crippen molar-refractivity contribution in [3.05, 3.63) is 99.9 Å². The molecule has 5 rings (SSSR count). The zero-order valence-electron chi connectivity index (χ0n) is 27.0. The second-order valence-corrected chi connectivity index (χ2v) is 13.5. The Bertz CT molecular complexity index is 1550. The zero-order valence-corrected chi connectivity index (χ0v) is 27.8. The lowest BCUT2D eigenvalue weighted by Gasteiger charge is -2.40. The van der Waals surface area contributed by atoms with E-state index in [-0.39, 0.29) is 30.4 Å². The molecule has 0 aromatic heterocycles. The van der Waals surface area contributed by atoms with E-state index in [1.54, 1.807) is 11.2 Å². The number of carbonyl (C=O) groups is 1. The number of aryl methyl sites for hydroxylation is 1. The fourth-order valence-corrected chi connectivity index (χ4v) is 7.07. The smallest absolute Gasteiger partial charge is 0.224 e. The number of nitrogens with zero attached hydrogens (tertiary/aromatic N) is 1. The molecule has 0 radical (unpaired) electrons. The van der Waals surface area contributed by atoms with Crippen LogP contribution in [0.5, 0.6) is 5.75 Å². The summed E-state index contributed by atoms with van der Waals surface area (Å²) in [7, 11) is 0. The molecule has 2 aliphatic rings. The number of halogens is 3. The molecular formula is C36H43F3N2O6S. The van der Waals surface area contributed by atoms with E-state index in [0.717, 1.165) is 40.5 Å². The molecule has 8 nitrogen and oxygen atoms in total. The molecule has 260 valence electrons. The number of hydrogen-bond acceptors (Lipinski definition) is 8. The van der Waals surface area contributed by atoms with Crippen LogP contribution in [0.3, 0.4) is 0 Å². The second-order valence-electron chi connectivity index (χ2n) is 12.6. The highest BCUT2D eigenvalue weighted by Crippen LogP contribution is 2.37. The molecule has 0 saturated carbocycles. The van der Waals surface area contributed by atoms with Crippen molar-refractivity contribution in [2.75, 3.05) is 19.3 Å². The third kappa shape index (κ3) is 8.53. The van der Waals surface area contributed by atoms with E-state index in [1.807, 2.05) is 42.5 Å². The Morgan fingerprint density at radius 3 is 2.29 bits per heavy atom. The van der Waals surface area contributed by atoms with Gasteiger partial charge in [0.25, 0.3) is 0 Å². The van der Waals surface area contributed by atoms with Gasteiger partial charge < -0.3 is 35.4 Å². The van der Waals surface area contributed by atoms with Gasteiger partial charge in [0.2, 0.25) is 5.91 Å². The van der Waals surface area contributed by atoms with Crippen LogP contribution >= 0.6 is 11.8 Å². The van der Waals surface area contributed by atoms with E-state index < -0.39 is 53.3 Å². The summed E-state index contributed by atoms with van der Waals surface area (Å²) in [5.74, 6) is -2.76. The van der Waals surface area contributed by atoms with Gasteiger partial charge in [-0.15, -0.1) is 11.8 Å². The Kier molecular flexibility index (Phi) is 12.1. The molecule has 2 saturated heterocycles. The number of thioether (sulfide) groups is 1. The van der Waals surface area contributed by atoms with E-state index in [2.05, 4.69) is 6.92 Å². The minimum absolute atomic E-state index is 0.0360. The monoisotopic (exact) mass is 688 g/mol. The minimum atomic E-state index is -1.31. The number of amides is 1. The SMILES string of the molecule is CCc1ccc([C@@H]2O[C@H](SC)[C@@H](O)[C@H](O)[C@H]2O)cc1Cc1ccc(OC2CCN(C(=O)C[C@@H](N)Cc3cc(F)c(F)cc3F)CC2)cc1. The Hall–Kier alpha value is -3.13. The highest BCUT2D eigenvalue weighted by Gasteiger charge is 2.44. The van der Waals surface area contributed by atoms with Crippen LogP contribution in [0, 0.1) is 17.5 Å². The molecule has 12 heteroatoms. The Balaban J connectivity index is 1.13. The number of benzene rings is 3. The summed E-state index contributed by atoms with van der Waals surface area (Å²) < 4.78 is 52.9. The number of aliphatic hydroxyl groups is 3. The molecule has 3 aromatic rings. The molecule has 48 heavy (non-hydrogen) atoms. The third-order valence-corrected chi connectivity index (χ3v) is 10.0. The van der Waals surface area contributed by atoms with Gasteiger partial charge in [0.1, 0.15) is 47.5 Å². The zero-order chi connectivity index (χ0) is 34.5. The average Bonchev–Trinajstić information content (AvgIpc) is 3.07. The summed E-state index contributed by atoms with van der Waals surface area (Å²) in [6, 6.07) is 14.3. The van der Waals surface area contributed by atoms with Gasteiger partial charge in [0.05, 0.1) is 0 Å². The summed E-state index contributed by atoms with van der Waals surface area (Å²) in [5.41, 5.74) is 9.38. The topological polar surface area (TPSA) is 125 Å². The maximum absolute atomic E-state index is 14.0. The minimum Gasteiger partial charge on any atom is -0.490 e. The van der Waals surface area contributed by atoms with Crippen LogP contribution in [0.15, 0.2) is 54.6 Å². The molecule has 6 atom stereocenters. The van der Waals surface area contributed by atoms with Crippen LogP contribution in [0.25, 0.3) is 0 Å². The summed E-state index contributed by atoms with van der Waals surface area (Å²) >= 11 is 1.28. The molecule has 2 fully saturated rings. The van der Waals surface area contributed by atoms with E-state index in [0.29, 0.717) is 38.4 Å². The molecule has 0 bridgehead atoms. The van der Waals surface area contributed by atoms with Crippen LogP contribution < -0.4 is 10.5 Å². The van der Waals surface area contributed by atoms with Crippen molar-refractivity contribution >= 4 is 17.7 Å². The molecule has 0 unspecified atom stereocenters. The Morgan fingerprint density at radius 2 is 1.62 bits per heavy atom. The first-order chi connectivity index (χ1) is 23.0. The van der Waals surface area contributed by atoms with Gasteiger partial charge in [-0.3, -0.25) is 4.79 Å². The lowest BCUT2D eigenvalue weighted by atomic mass is 9.90. The van der Waals surface area contributed by atoms with Crippen molar-refractivity contribution in [1.29, 1.82) is 0 Å². The van der Waals surface area contributed by atoms with Gasteiger partial charge in [-0.1, -0.05) is 37.3 Å². The van der Waals surface area contributed by atoms with Gasteiger partial charge in [-0.25, -0.2) is 13.2 Å². The first kappa shape index (κ1) is 36.2. The second kappa shape index (κ2) is 16.1. The van der Waals surface area contributed by atoms with Crippen LogP contribution in [0.1, 0.15) is 60.1 Å². The standard InChI is InChI=1S/C36H43F3N2O6S/c1-3-21-6-7-22(35-33(44)32(43)34(45)36(47-35)48-2)15-23(21)14-20-4-8-26(9-5-20)46-27-10-12-41(13-11-27)31(42)18-25(40)16-24-17-29(38)30(39)19-28(24)37/h4-9,15,17,19,25,27,32-36,43-45H,3,10-14,16,18,40H2,1-2H3/t25-,32+,33+,34-,35-,36+/m0/s1. The number of nitrogens with two attached hydrogens (primary N) is 1. The molecule has 0 spiro atoms. The van der Waals surface area contributed by atoms with Crippen molar-refractivity contribution in [1.82, 2.24) is 4.90 Å². The lowest BCUT2D eigenvalue weighted by Crippen LogP contribution is -2.52. The predicted octanol–water partition coefficient (Wildman–Crippen LogP) is 4.43. The van der Waals surface area contributed by atoms with E-state index in [9.17, 15) is 33.3 Å². The number of hydrogen-bond donors (Lipinski definition) is 4. The highest BCUT2D eigenvalue weighted by molar-refractivity contribution is 7.99. The average molecular weight is 689 g/mol. The molecule has 3 aromatic carbocycles. The number of carbonyl (C=O) groups excluding carboxylic acids is 1. The van der Waals surface area contributed by atoms with Gasteiger partial charge >= 0.3 is 0 Å². The molecule has 1 amide bonds. The van der Waals surface area contributed by atoms with E-state index >= 15 is 0 Å². The van der Waals surface area contributed by atoms with Crippen LogP contribution in [-0.4, -0.2) is 81.4 Å². The van der Waals surface area contributed by atoms with Gasteiger partial charge in [-0.05, 0) is 71.5 Å². The third-order valence-electron chi connectivity index (χ3n) is 9.17. The number of likely N-dealkylation sites (tertiary alicyclic amines) is 1. The number of aliphatic hydroxyl groups excluding tert-OH is 3. The van der Waals surface area contributed by atoms with E-state index in [4.69, 9.17) is 15.2 Å². The predicted molar refractivity (Wildman–Crippen MR) is 177 cm³/mol. The van der Waals surface area contributed by atoms with Gasteiger partial charge in [-0.2, -0.15) is 0 Å². The fraction of sp³-hybridized carbons (Fsp3) is 0.472. The molecule has 2 heterocycles. The lowest BCUT2D eigenvalue weighted by molar-refractivity contribution is -0.200. The quantitative estimate of drug-likeness (QED) is 0.218. The Morgan fingerprint density at radius 1 is 0.938 bits per heavy atom. The van der Waals surface area contributed by atoms with Gasteiger partial charge in [0.15, 0.2) is 11.6 Å². The normalized spacial score (nSPS) is 24.0. The van der Waals surface area contributed by atoms with Crippen molar-refractivity contribution in [3.8, 4) is 5.75 Å². The summed E-state index contributed by atoms with van der Waals surface area (Å²) in [6.07, 6.45) is -0.200. The number of ether oxygens (including phenoxy) is 2. The van der Waals surface area contributed by atoms with Crippen LogP contribution in [0.4, 0.5) is 13.2 Å². The van der Waals surface area contributed by atoms with Crippen molar-refractivity contribution in [2.45, 2.75) is 87.4 Å². The molecule has 0 aliphatic carbocycles. The molecule has 2 aliphatic heterocycles. The summed E-state index contributed by atoms with van der Waals surface area (Å²) in [5, 5.41) is 31.3. The number of rotatable bonds is 11. The first-order valence-electron chi connectivity index (χ1n) is 16.2. The highest BCUT2D eigenvalue weighted by atomic mass is 32.2. The van der Waals surface area contributed by atoms with E-state index in [1.165, 1.54) is 11.8 Å².